The minimum absolute atomic E-state index is 0.259. The number of rotatable bonds is 6. The topological polar surface area (TPSA) is 72.9 Å². The second-order valence-corrected chi connectivity index (χ2v) is 6.43. The summed E-state index contributed by atoms with van der Waals surface area (Å²) in [6.07, 6.45) is 0.862. The van der Waals surface area contributed by atoms with E-state index in [1.54, 1.807) is 11.8 Å². The average molecular weight is 303 g/mol. The van der Waals surface area contributed by atoms with Gasteiger partial charge in [0.2, 0.25) is 0 Å². The Bertz CT molecular complexity index is 339. The van der Waals surface area contributed by atoms with Crippen LogP contribution in [0.1, 0.15) is 20.3 Å². The summed E-state index contributed by atoms with van der Waals surface area (Å²) in [4.78, 5) is 26.8. The summed E-state index contributed by atoms with van der Waals surface area (Å²) < 4.78 is 0. The molecular weight excluding hydrogens is 278 g/mol. The van der Waals surface area contributed by atoms with Gasteiger partial charge in [0.25, 0.3) is 0 Å². The van der Waals surface area contributed by atoms with E-state index in [-0.39, 0.29) is 6.03 Å². The van der Waals surface area contributed by atoms with Crippen molar-refractivity contribution in [3.8, 4) is 0 Å². The number of carboxylic acid groups (broad SMARTS) is 1. The van der Waals surface area contributed by atoms with E-state index in [9.17, 15) is 9.59 Å². The fourth-order valence-corrected chi connectivity index (χ4v) is 2.97. The fraction of sp³-hybridized carbons (Fsp3) is 0.846. The van der Waals surface area contributed by atoms with E-state index in [1.807, 2.05) is 0 Å². The molecule has 0 spiro atoms. The molecule has 0 aliphatic carbocycles. The van der Waals surface area contributed by atoms with Crippen molar-refractivity contribution in [3.63, 3.8) is 0 Å². The minimum Gasteiger partial charge on any atom is -0.480 e. The summed E-state index contributed by atoms with van der Waals surface area (Å²) in [6, 6.07) is -0.474. The highest BCUT2D eigenvalue weighted by Crippen LogP contribution is 2.16. The Hall–Kier alpha value is -0.950. The van der Waals surface area contributed by atoms with Crippen molar-refractivity contribution in [2.24, 2.45) is 0 Å². The van der Waals surface area contributed by atoms with Gasteiger partial charge < -0.3 is 20.2 Å². The molecule has 116 valence electrons. The van der Waals surface area contributed by atoms with Gasteiger partial charge in [0.15, 0.2) is 0 Å². The highest BCUT2D eigenvalue weighted by molar-refractivity contribution is 7.99. The number of carbonyl (C=O) groups is 2. The summed E-state index contributed by atoms with van der Waals surface area (Å²) in [5.41, 5.74) is 0. The first-order valence-corrected chi connectivity index (χ1v) is 8.14. The molecule has 2 N–H and O–H groups in total. The van der Waals surface area contributed by atoms with Crippen LogP contribution in [0.3, 0.4) is 0 Å². The van der Waals surface area contributed by atoms with Crippen LogP contribution in [-0.2, 0) is 4.79 Å². The third kappa shape index (κ3) is 5.20. The number of amides is 2. The SMILES string of the molecule is CC(C)N(C)CCCNC(=O)N1CCSCC1C(=O)O. The van der Waals surface area contributed by atoms with Crippen LogP contribution in [0.2, 0.25) is 0 Å². The molecule has 1 saturated heterocycles. The van der Waals surface area contributed by atoms with Gasteiger partial charge >= 0.3 is 12.0 Å². The Morgan fingerprint density at radius 1 is 1.50 bits per heavy atom. The van der Waals surface area contributed by atoms with E-state index in [1.165, 1.54) is 4.90 Å². The zero-order chi connectivity index (χ0) is 15.1. The van der Waals surface area contributed by atoms with Crippen LogP contribution in [-0.4, -0.2) is 77.2 Å². The monoisotopic (exact) mass is 303 g/mol. The Morgan fingerprint density at radius 3 is 2.80 bits per heavy atom. The number of urea groups is 1. The highest BCUT2D eigenvalue weighted by Gasteiger charge is 2.32. The number of nitrogens with one attached hydrogen (secondary N) is 1. The van der Waals surface area contributed by atoms with Crippen LogP contribution >= 0.6 is 11.8 Å². The van der Waals surface area contributed by atoms with Crippen LogP contribution in [0.25, 0.3) is 0 Å². The summed E-state index contributed by atoms with van der Waals surface area (Å²) in [7, 11) is 2.05. The first-order chi connectivity index (χ1) is 9.43. The highest BCUT2D eigenvalue weighted by atomic mass is 32.2. The molecule has 1 aliphatic heterocycles. The van der Waals surface area contributed by atoms with E-state index in [0.29, 0.717) is 24.9 Å². The van der Waals surface area contributed by atoms with Crippen molar-refractivity contribution in [2.45, 2.75) is 32.4 Å². The standard InChI is InChI=1S/C13H25N3O3S/c1-10(2)15(3)6-4-5-14-13(19)16-7-8-20-9-11(16)12(17)18/h10-11H,4-9H2,1-3H3,(H,14,19)(H,17,18). The maximum absolute atomic E-state index is 12.0. The molecule has 1 fully saturated rings. The van der Waals surface area contributed by atoms with Gasteiger partial charge in [-0.15, -0.1) is 0 Å². The average Bonchev–Trinajstić information content (AvgIpc) is 2.42. The van der Waals surface area contributed by atoms with Crippen LogP contribution in [0.4, 0.5) is 4.79 Å². The predicted molar refractivity (Wildman–Crippen MR) is 81.2 cm³/mol. The Balaban J connectivity index is 2.32. The Morgan fingerprint density at radius 2 is 2.20 bits per heavy atom. The summed E-state index contributed by atoms with van der Waals surface area (Å²) >= 11 is 1.58. The lowest BCUT2D eigenvalue weighted by Crippen LogP contribution is -2.54. The van der Waals surface area contributed by atoms with Gasteiger partial charge in [0.05, 0.1) is 0 Å². The van der Waals surface area contributed by atoms with Crippen molar-refractivity contribution < 1.29 is 14.7 Å². The first-order valence-electron chi connectivity index (χ1n) is 6.98. The van der Waals surface area contributed by atoms with Gasteiger partial charge in [-0.3, -0.25) is 0 Å². The van der Waals surface area contributed by atoms with Gasteiger partial charge in [-0.25, -0.2) is 9.59 Å². The Labute approximate surface area is 124 Å². The van der Waals surface area contributed by atoms with E-state index < -0.39 is 12.0 Å². The summed E-state index contributed by atoms with van der Waals surface area (Å²) in [5.74, 6) is 0.346. The quantitative estimate of drug-likeness (QED) is 0.714. The molecule has 6 nitrogen and oxygen atoms in total. The zero-order valence-electron chi connectivity index (χ0n) is 12.5. The molecule has 1 atom stereocenters. The number of carboxylic acids is 1. The van der Waals surface area contributed by atoms with Gasteiger partial charge in [-0.1, -0.05) is 0 Å². The van der Waals surface area contributed by atoms with Crippen molar-refractivity contribution >= 4 is 23.8 Å². The maximum Gasteiger partial charge on any atom is 0.327 e. The summed E-state index contributed by atoms with van der Waals surface area (Å²) in [5, 5.41) is 11.9. The van der Waals surface area contributed by atoms with Gasteiger partial charge in [-0.2, -0.15) is 11.8 Å². The molecule has 0 aromatic rings. The maximum atomic E-state index is 12.0. The van der Waals surface area contributed by atoms with Crippen molar-refractivity contribution in [1.82, 2.24) is 15.1 Å². The molecule has 2 amide bonds. The number of hydrogen-bond donors (Lipinski definition) is 2. The smallest absolute Gasteiger partial charge is 0.327 e. The fourth-order valence-electron chi connectivity index (χ4n) is 1.93. The van der Waals surface area contributed by atoms with E-state index in [0.717, 1.165) is 18.7 Å². The normalized spacial score (nSPS) is 19.4. The molecule has 7 heteroatoms. The third-order valence-corrected chi connectivity index (χ3v) is 4.54. The lowest BCUT2D eigenvalue weighted by atomic mass is 10.3. The van der Waals surface area contributed by atoms with Gasteiger partial charge in [-0.05, 0) is 33.9 Å². The Kier molecular flexibility index (Phi) is 7.15. The molecule has 0 saturated carbocycles. The van der Waals surface area contributed by atoms with Crippen molar-refractivity contribution in [3.05, 3.63) is 0 Å². The van der Waals surface area contributed by atoms with Gasteiger partial charge in [0.1, 0.15) is 6.04 Å². The summed E-state index contributed by atoms with van der Waals surface area (Å²) in [6.45, 7) is 6.24. The zero-order valence-corrected chi connectivity index (χ0v) is 13.3. The largest absolute Gasteiger partial charge is 0.480 e. The van der Waals surface area contributed by atoms with Crippen LogP contribution < -0.4 is 5.32 Å². The van der Waals surface area contributed by atoms with Crippen molar-refractivity contribution in [2.75, 3.05) is 38.2 Å². The lowest BCUT2D eigenvalue weighted by molar-refractivity contribution is -0.141. The molecule has 0 aromatic heterocycles. The second kappa shape index (κ2) is 8.36. The number of thioether (sulfide) groups is 1. The van der Waals surface area contributed by atoms with Crippen LogP contribution in [0.5, 0.6) is 0 Å². The second-order valence-electron chi connectivity index (χ2n) is 5.28. The molecular formula is C13H25N3O3S. The third-order valence-electron chi connectivity index (χ3n) is 3.52. The number of hydrogen-bond acceptors (Lipinski definition) is 4. The molecule has 0 radical (unpaired) electrons. The molecule has 0 bridgehead atoms. The molecule has 1 unspecified atom stereocenters. The minimum atomic E-state index is -0.924. The van der Waals surface area contributed by atoms with Gasteiger partial charge in [0, 0.05) is 30.6 Å². The number of aliphatic carboxylic acids is 1. The van der Waals surface area contributed by atoms with E-state index in [4.69, 9.17) is 5.11 Å². The van der Waals surface area contributed by atoms with Crippen LogP contribution in [0.15, 0.2) is 0 Å². The molecule has 20 heavy (non-hydrogen) atoms. The lowest BCUT2D eigenvalue weighted by Gasteiger charge is -2.32. The predicted octanol–water partition coefficient (Wildman–Crippen LogP) is 0.928. The molecule has 1 heterocycles. The van der Waals surface area contributed by atoms with Crippen molar-refractivity contribution in [1.29, 1.82) is 0 Å². The molecule has 0 aromatic carbocycles. The molecule has 1 aliphatic rings. The molecule has 1 rings (SSSR count). The van der Waals surface area contributed by atoms with E-state index >= 15 is 0 Å². The first kappa shape index (κ1) is 17.1. The number of carbonyl (C=O) groups excluding carboxylic acids is 1. The van der Waals surface area contributed by atoms with E-state index in [2.05, 4.69) is 31.1 Å². The number of nitrogens with zero attached hydrogens (tertiary/aromatic N) is 2. The van der Waals surface area contributed by atoms with Crippen LogP contribution in [0, 0.1) is 0 Å².